The van der Waals surface area contributed by atoms with Gasteiger partial charge < -0.3 is 9.88 Å². The standard InChI is InChI=1S/C28H26ClF3N8S/c1-16-18(2-3-24-22(16)8-20(11-33)40(24)14-17-12-34-35-13-17)15-39-6-4-19(5-7-39)36-25-23-9-21(10-28(30,31)32)41-26(23)38-27(29)37-25/h2-3,8-9,12-13,19H,4-7,10,14-15H2,1H3,(H,34,35)(H,36,37,38). The molecule has 0 amide bonds. The molecule has 1 aliphatic heterocycles. The highest BCUT2D eigenvalue weighted by Crippen LogP contribution is 2.35. The number of aromatic nitrogens is 5. The molecule has 1 aliphatic rings. The van der Waals surface area contributed by atoms with Gasteiger partial charge in [0.05, 0.1) is 24.5 Å². The Labute approximate surface area is 242 Å². The van der Waals surface area contributed by atoms with E-state index in [1.54, 1.807) is 6.20 Å². The average molecular weight is 599 g/mol. The number of nitrogens with one attached hydrogen (secondary N) is 2. The summed E-state index contributed by atoms with van der Waals surface area (Å²) in [5.74, 6) is 0.484. The van der Waals surface area contributed by atoms with Crippen LogP contribution in [0.1, 0.15) is 40.1 Å². The zero-order valence-corrected chi connectivity index (χ0v) is 23.7. The van der Waals surface area contributed by atoms with Gasteiger partial charge in [-0.25, -0.2) is 9.97 Å². The molecule has 0 unspecified atom stereocenters. The Kier molecular flexibility index (Phi) is 7.36. The lowest BCUT2D eigenvalue weighted by Gasteiger charge is -2.33. The van der Waals surface area contributed by atoms with Gasteiger partial charge in [-0.05, 0) is 60.7 Å². The summed E-state index contributed by atoms with van der Waals surface area (Å²) < 4.78 is 40.8. The molecule has 1 saturated heterocycles. The molecule has 212 valence electrons. The maximum absolute atomic E-state index is 12.9. The molecule has 0 atom stereocenters. The van der Waals surface area contributed by atoms with Crippen LogP contribution in [0.5, 0.6) is 0 Å². The third kappa shape index (κ3) is 5.88. The molecule has 1 fully saturated rings. The minimum Gasteiger partial charge on any atom is -0.367 e. The molecule has 0 radical (unpaired) electrons. The highest BCUT2D eigenvalue weighted by molar-refractivity contribution is 7.18. The fourth-order valence-corrected chi connectivity index (χ4v) is 6.79. The van der Waals surface area contributed by atoms with Gasteiger partial charge in [-0.15, -0.1) is 11.3 Å². The van der Waals surface area contributed by atoms with Crippen molar-refractivity contribution in [3.05, 3.63) is 69.2 Å². The number of hydrogen-bond acceptors (Lipinski definition) is 7. The Morgan fingerprint density at radius 2 is 1.98 bits per heavy atom. The predicted octanol–water partition coefficient (Wildman–Crippen LogP) is 6.43. The monoisotopic (exact) mass is 598 g/mol. The second-order valence-corrected chi connectivity index (χ2v) is 11.8. The number of thiophene rings is 1. The molecular weight excluding hydrogens is 573 g/mol. The van der Waals surface area contributed by atoms with Crippen molar-refractivity contribution in [3.63, 3.8) is 0 Å². The number of piperidine rings is 1. The van der Waals surface area contributed by atoms with E-state index in [0.717, 1.165) is 65.8 Å². The largest absolute Gasteiger partial charge is 0.393 e. The molecule has 41 heavy (non-hydrogen) atoms. The average Bonchev–Trinajstić information content (AvgIpc) is 3.65. The molecular formula is C28H26ClF3N8S. The SMILES string of the molecule is Cc1c(CN2CCC(Nc3nc(Cl)nc4sc(CC(F)(F)F)cc34)CC2)ccc2c1cc(C#N)n2Cc1cn[nH]c1. The van der Waals surface area contributed by atoms with Gasteiger partial charge >= 0.3 is 6.18 Å². The highest BCUT2D eigenvalue weighted by atomic mass is 35.5. The van der Waals surface area contributed by atoms with Crippen molar-refractivity contribution in [2.24, 2.45) is 0 Å². The van der Waals surface area contributed by atoms with Gasteiger partial charge in [0.2, 0.25) is 5.28 Å². The van der Waals surface area contributed by atoms with Crippen molar-refractivity contribution in [1.82, 2.24) is 29.6 Å². The van der Waals surface area contributed by atoms with E-state index < -0.39 is 12.6 Å². The van der Waals surface area contributed by atoms with Crippen LogP contribution < -0.4 is 5.32 Å². The van der Waals surface area contributed by atoms with E-state index in [9.17, 15) is 18.4 Å². The van der Waals surface area contributed by atoms with E-state index >= 15 is 0 Å². The molecule has 6 rings (SSSR count). The number of aryl methyl sites for hydroxylation is 1. The second kappa shape index (κ2) is 11.0. The number of anilines is 1. The van der Waals surface area contributed by atoms with Crippen LogP contribution in [0.4, 0.5) is 19.0 Å². The fraction of sp³-hybridized carbons (Fsp3) is 0.357. The number of alkyl halides is 3. The zero-order valence-electron chi connectivity index (χ0n) is 22.1. The van der Waals surface area contributed by atoms with Crippen molar-refractivity contribution in [2.45, 2.75) is 51.5 Å². The lowest BCUT2D eigenvalue weighted by atomic mass is 10.0. The summed E-state index contributed by atoms with van der Waals surface area (Å²) in [6.45, 7) is 5.17. The number of nitriles is 1. The number of fused-ring (bicyclic) bond motifs is 2. The number of H-pyrrole nitrogens is 1. The number of halogens is 4. The summed E-state index contributed by atoms with van der Waals surface area (Å²) in [6.07, 6.45) is 0.0128. The van der Waals surface area contributed by atoms with E-state index in [1.165, 1.54) is 11.6 Å². The lowest BCUT2D eigenvalue weighted by Crippen LogP contribution is -2.39. The molecule has 1 aromatic carbocycles. The molecule has 0 saturated carbocycles. The Balaban J connectivity index is 1.13. The molecule has 2 N–H and O–H groups in total. The first-order chi connectivity index (χ1) is 19.7. The van der Waals surface area contributed by atoms with E-state index in [0.29, 0.717) is 28.3 Å². The summed E-state index contributed by atoms with van der Waals surface area (Å²) in [5.41, 5.74) is 5.02. The van der Waals surface area contributed by atoms with Gasteiger partial charge in [-0.3, -0.25) is 10.00 Å². The van der Waals surface area contributed by atoms with Crippen molar-refractivity contribution in [1.29, 1.82) is 5.26 Å². The van der Waals surface area contributed by atoms with Crippen LogP contribution in [0.2, 0.25) is 5.28 Å². The molecule has 0 spiro atoms. The molecule has 8 nitrogen and oxygen atoms in total. The minimum atomic E-state index is -4.29. The highest BCUT2D eigenvalue weighted by Gasteiger charge is 2.29. The molecule has 5 heterocycles. The Morgan fingerprint density at radius 1 is 1.17 bits per heavy atom. The molecule has 0 bridgehead atoms. The van der Waals surface area contributed by atoms with Gasteiger partial charge in [-0.1, -0.05) is 6.07 Å². The third-order valence-electron chi connectivity index (χ3n) is 7.59. The number of rotatable bonds is 7. The van der Waals surface area contributed by atoms with Gasteiger partial charge in [0.15, 0.2) is 0 Å². The maximum atomic E-state index is 12.9. The van der Waals surface area contributed by atoms with Crippen LogP contribution in [-0.2, 0) is 19.5 Å². The number of nitrogens with zero attached hydrogens (tertiary/aromatic N) is 6. The Morgan fingerprint density at radius 3 is 2.68 bits per heavy atom. The fourth-order valence-electron chi connectivity index (χ4n) is 5.51. The Hall–Kier alpha value is -3.66. The van der Waals surface area contributed by atoms with Crippen LogP contribution in [0.25, 0.3) is 21.1 Å². The first-order valence-electron chi connectivity index (χ1n) is 13.2. The molecule has 0 aliphatic carbocycles. The predicted molar refractivity (Wildman–Crippen MR) is 153 cm³/mol. The van der Waals surface area contributed by atoms with Crippen LogP contribution in [0.15, 0.2) is 36.7 Å². The molecule has 5 aromatic rings. The molecule has 13 heteroatoms. The van der Waals surface area contributed by atoms with E-state index in [1.807, 2.05) is 16.8 Å². The normalized spacial score (nSPS) is 15.1. The van der Waals surface area contributed by atoms with Crippen molar-refractivity contribution in [2.75, 3.05) is 18.4 Å². The van der Waals surface area contributed by atoms with Crippen LogP contribution in [-0.4, -0.2) is 54.9 Å². The zero-order chi connectivity index (χ0) is 28.7. The number of aromatic amines is 1. The minimum absolute atomic E-state index is 0.0156. The third-order valence-corrected chi connectivity index (χ3v) is 8.79. The summed E-state index contributed by atoms with van der Waals surface area (Å²) in [6, 6.07) is 10.1. The van der Waals surface area contributed by atoms with Crippen molar-refractivity contribution in [3.8, 4) is 6.07 Å². The van der Waals surface area contributed by atoms with E-state index in [-0.39, 0.29) is 16.2 Å². The maximum Gasteiger partial charge on any atom is 0.393 e. The summed E-state index contributed by atoms with van der Waals surface area (Å²) in [4.78, 5) is 11.5. The topological polar surface area (TPSA) is 98.5 Å². The van der Waals surface area contributed by atoms with E-state index in [4.69, 9.17) is 11.6 Å². The Bertz CT molecular complexity index is 1740. The summed E-state index contributed by atoms with van der Waals surface area (Å²) in [7, 11) is 0. The quantitative estimate of drug-likeness (QED) is 0.209. The van der Waals surface area contributed by atoms with Gasteiger partial charge in [0, 0.05) is 53.2 Å². The van der Waals surface area contributed by atoms with E-state index in [2.05, 4.69) is 55.5 Å². The van der Waals surface area contributed by atoms with Gasteiger partial charge in [0.1, 0.15) is 22.4 Å². The number of hydrogen-bond donors (Lipinski definition) is 2. The smallest absolute Gasteiger partial charge is 0.367 e. The van der Waals surface area contributed by atoms with Crippen LogP contribution in [0.3, 0.4) is 0 Å². The van der Waals surface area contributed by atoms with Crippen molar-refractivity contribution >= 4 is 49.9 Å². The summed E-state index contributed by atoms with van der Waals surface area (Å²) in [5, 5.41) is 21.7. The van der Waals surface area contributed by atoms with Crippen molar-refractivity contribution < 1.29 is 13.2 Å². The van der Waals surface area contributed by atoms with Gasteiger partial charge in [0.25, 0.3) is 0 Å². The second-order valence-electron chi connectivity index (χ2n) is 10.4. The molecule has 4 aromatic heterocycles. The number of likely N-dealkylation sites (tertiary alicyclic amines) is 1. The summed E-state index contributed by atoms with van der Waals surface area (Å²) >= 11 is 7.10. The first-order valence-corrected chi connectivity index (χ1v) is 14.4. The van der Waals surface area contributed by atoms with Crippen LogP contribution in [0, 0.1) is 18.3 Å². The first kappa shape index (κ1) is 27.5. The van der Waals surface area contributed by atoms with Crippen LogP contribution >= 0.6 is 22.9 Å². The van der Waals surface area contributed by atoms with Gasteiger partial charge in [-0.2, -0.15) is 23.5 Å². The number of benzene rings is 1. The lowest BCUT2D eigenvalue weighted by molar-refractivity contribution is -0.126.